The van der Waals surface area contributed by atoms with Crippen LogP contribution in [0, 0.1) is 0 Å². The van der Waals surface area contributed by atoms with Crippen LogP contribution in [0.5, 0.6) is 0 Å². The Balaban J connectivity index is 2.59. The highest BCUT2D eigenvalue weighted by Crippen LogP contribution is 2.16. The summed E-state index contributed by atoms with van der Waals surface area (Å²) in [5, 5.41) is 6.57. The molecule has 0 aliphatic carbocycles. The first-order valence-electron chi connectivity index (χ1n) is 5.48. The molecule has 0 radical (unpaired) electrons. The van der Waals surface area contributed by atoms with Gasteiger partial charge in [-0.1, -0.05) is 6.92 Å². The van der Waals surface area contributed by atoms with Crippen LogP contribution in [0.25, 0.3) is 0 Å². The van der Waals surface area contributed by atoms with Gasteiger partial charge in [0.05, 0.1) is 6.61 Å². The first kappa shape index (κ1) is 12.6. The molecule has 1 aromatic rings. The minimum Gasteiger partial charge on any atom is -0.460 e. The van der Waals surface area contributed by atoms with Crippen molar-refractivity contribution in [1.82, 2.24) is 15.2 Å². The molecule has 0 spiro atoms. The summed E-state index contributed by atoms with van der Waals surface area (Å²) in [4.78, 5) is 15.4. The molecule has 90 valence electrons. The van der Waals surface area contributed by atoms with Crippen LogP contribution in [0.2, 0.25) is 0 Å². The summed E-state index contributed by atoms with van der Waals surface area (Å²) < 4.78 is 4.80. The molecule has 0 bridgehead atoms. The van der Waals surface area contributed by atoms with Crippen LogP contribution in [0.1, 0.15) is 49.1 Å². The Hall–Kier alpha value is -1.43. The number of nitrogens with two attached hydrogens (primary N) is 1. The van der Waals surface area contributed by atoms with Crippen LogP contribution in [-0.2, 0) is 4.74 Å². The van der Waals surface area contributed by atoms with Crippen molar-refractivity contribution in [3.8, 4) is 0 Å². The minimum absolute atomic E-state index is 0.0939. The SMILES string of the molecule is CCOC(=O)c1n[nH]c(C(C)CCCN)n1. The lowest BCUT2D eigenvalue weighted by atomic mass is 10.1. The zero-order valence-corrected chi connectivity index (χ0v) is 9.69. The van der Waals surface area contributed by atoms with Gasteiger partial charge in [0.25, 0.3) is 5.82 Å². The van der Waals surface area contributed by atoms with Gasteiger partial charge in [-0.25, -0.2) is 9.78 Å². The summed E-state index contributed by atoms with van der Waals surface area (Å²) in [5.41, 5.74) is 5.43. The molecule has 1 unspecified atom stereocenters. The predicted octanol–water partition coefficient (Wildman–Crippen LogP) is 0.824. The van der Waals surface area contributed by atoms with E-state index in [9.17, 15) is 4.79 Å². The number of aromatic amines is 1. The molecule has 0 amide bonds. The summed E-state index contributed by atoms with van der Waals surface area (Å²) >= 11 is 0. The first-order chi connectivity index (χ1) is 7.69. The molecule has 0 saturated carbocycles. The fourth-order valence-corrected chi connectivity index (χ4v) is 1.34. The van der Waals surface area contributed by atoms with Gasteiger partial charge in [-0.3, -0.25) is 5.10 Å². The standard InChI is InChI=1S/C10H18N4O2/c1-3-16-10(15)9-12-8(13-14-9)7(2)5-4-6-11/h7H,3-6,11H2,1-2H3,(H,12,13,14). The zero-order chi connectivity index (χ0) is 12.0. The van der Waals surface area contributed by atoms with Crippen LogP contribution in [0.3, 0.4) is 0 Å². The molecule has 3 N–H and O–H groups in total. The number of nitrogens with zero attached hydrogens (tertiary/aromatic N) is 2. The Labute approximate surface area is 94.6 Å². The molecule has 6 nitrogen and oxygen atoms in total. The van der Waals surface area contributed by atoms with Gasteiger partial charge in [-0.05, 0) is 26.3 Å². The number of ether oxygens (including phenoxy) is 1. The van der Waals surface area contributed by atoms with Crippen molar-refractivity contribution < 1.29 is 9.53 Å². The number of esters is 1. The van der Waals surface area contributed by atoms with Crippen molar-refractivity contribution in [2.75, 3.05) is 13.2 Å². The summed E-state index contributed by atoms with van der Waals surface area (Å²) in [6, 6.07) is 0. The van der Waals surface area contributed by atoms with E-state index in [0.29, 0.717) is 19.0 Å². The number of rotatable bonds is 6. The average Bonchev–Trinajstić information content (AvgIpc) is 2.75. The van der Waals surface area contributed by atoms with Gasteiger partial charge in [0, 0.05) is 5.92 Å². The van der Waals surface area contributed by atoms with Crippen molar-refractivity contribution in [2.45, 2.75) is 32.6 Å². The maximum Gasteiger partial charge on any atom is 0.378 e. The number of hydrogen-bond donors (Lipinski definition) is 2. The van der Waals surface area contributed by atoms with Gasteiger partial charge in [0.2, 0.25) is 0 Å². The Bertz CT molecular complexity index is 337. The summed E-state index contributed by atoms with van der Waals surface area (Å²) in [6.07, 6.45) is 1.85. The van der Waals surface area contributed by atoms with E-state index in [-0.39, 0.29) is 11.7 Å². The van der Waals surface area contributed by atoms with Crippen molar-refractivity contribution >= 4 is 5.97 Å². The van der Waals surface area contributed by atoms with Gasteiger partial charge >= 0.3 is 5.97 Å². The van der Waals surface area contributed by atoms with Crippen molar-refractivity contribution in [3.63, 3.8) is 0 Å². The van der Waals surface area contributed by atoms with Crippen LogP contribution in [0.15, 0.2) is 0 Å². The fourth-order valence-electron chi connectivity index (χ4n) is 1.34. The second-order valence-corrected chi connectivity index (χ2v) is 3.60. The molecule has 1 aromatic heterocycles. The normalized spacial score (nSPS) is 12.4. The van der Waals surface area contributed by atoms with Crippen LogP contribution < -0.4 is 5.73 Å². The molecule has 0 saturated heterocycles. The van der Waals surface area contributed by atoms with E-state index in [1.807, 2.05) is 6.92 Å². The zero-order valence-electron chi connectivity index (χ0n) is 9.69. The van der Waals surface area contributed by atoms with E-state index in [0.717, 1.165) is 12.8 Å². The number of nitrogens with one attached hydrogen (secondary N) is 1. The van der Waals surface area contributed by atoms with Crippen molar-refractivity contribution in [2.24, 2.45) is 5.73 Å². The molecule has 1 atom stereocenters. The summed E-state index contributed by atoms with van der Waals surface area (Å²) in [7, 11) is 0. The Morgan fingerprint density at radius 3 is 3.00 bits per heavy atom. The third-order valence-corrected chi connectivity index (χ3v) is 2.27. The molecule has 0 aliphatic heterocycles. The number of carbonyl (C=O) groups is 1. The van der Waals surface area contributed by atoms with Crippen LogP contribution in [0.4, 0.5) is 0 Å². The lowest BCUT2D eigenvalue weighted by Gasteiger charge is -2.05. The third kappa shape index (κ3) is 3.30. The minimum atomic E-state index is -0.490. The second kappa shape index (κ2) is 6.22. The molecule has 6 heteroatoms. The highest BCUT2D eigenvalue weighted by atomic mass is 16.5. The number of hydrogen-bond acceptors (Lipinski definition) is 5. The van der Waals surface area contributed by atoms with Gasteiger partial charge in [0.15, 0.2) is 0 Å². The highest BCUT2D eigenvalue weighted by Gasteiger charge is 2.16. The van der Waals surface area contributed by atoms with Gasteiger partial charge in [-0.15, -0.1) is 5.10 Å². The molecule has 1 heterocycles. The number of aromatic nitrogens is 3. The van der Waals surface area contributed by atoms with Gasteiger partial charge < -0.3 is 10.5 Å². The smallest absolute Gasteiger partial charge is 0.378 e. The first-order valence-corrected chi connectivity index (χ1v) is 5.48. The van der Waals surface area contributed by atoms with Gasteiger partial charge in [0.1, 0.15) is 5.82 Å². The Kier molecular flexibility index (Phi) is 4.91. The van der Waals surface area contributed by atoms with Crippen molar-refractivity contribution in [1.29, 1.82) is 0 Å². The van der Waals surface area contributed by atoms with E-state index < -0.39 is 5.97 Å². The molecule has 1 rings (SSSR count). The monoisotopic (exact) mass is 226 g/mol. The molecule has 16 heavy (non-hydrogen) atoms. The van der Waals surface area contributed by atoms with Crippen LogP contribution in [-0.4, -0.2) is 34.3 Å². The van der Waals surface area contributed by atoms with E-state index >= 15 is 0 Å². The van der Waals surface area contributed by atoms with E-state index in [1.54, 1.807) is 6.92 Å². The number of H-pyrrole nitrogens is 1. The quantitative estimate of drug-likeness (QED) is 0.700. The molecule has 0 aliphatic rings. The lowest BCUT2D eigenvalue weighted by molar-refractivity contribution is 0.0512. The van der Waals surface area contributed by atoms with Gasteiger partial charge in [-0.2, -0.15) is 0 Å². The summed E-state index contributed by atoms with van der Waals surface area (Å²) in [6.45, 7) is 4.75. The molecule has 0 fully saturated rings. The van der Waals surface area contributed by atoms with Crippen LogP contribution >= 0.6 is 0 Å². The maximum absolute atomic E-state index is 11.3. The maximum atomic E-state index is 11.3. The fraction of sp³-hybridized carbons (Fsp3) is 0.700. The largest absolute Gasteiger partial charge is 0.460 e. The topological polar surface area (TPSA) is 93.9 Å². The van der Waals surface area contributed by atoms with Crippen molar-refractivity contribution in [3.05, 3.63) is 11.6 Å². The molecular weight excluding hydrogens is 208 g/mol. The highest BCUT2D eigenvalue weighted by molar-refractivity contribution is 5.84. The van der Waals surface area contributed by atoms with E-state index in [2.05, 4.69) is 15.2 Å². The predicted molar refractivity (Wildman–Crippen MR) is 59.0 cm³/mol. The summed E-state index contributed by atoms with van der Waals surface area (Å²) in [5.74, 6) is 0.531. The molecular formula is C10H18N4O2. The Morgan fingerprint density at radius 1 is 1.62 bits per heavy atom. The Morgan fingerprint density at radius 2 is 2.38 bits per heavy atom. The lowest BCUT2D eigenvalue weighted by Crippen LogP contribution is -2.07. The number of carbonyl (C=O) groups excluding carboxylic acids is 1. The molecule has 0 aromatic carbocycles. The third-order valence-electron chi connectivity index (χ3n) is 2.27. The second-order valence-electron chi connectivity index (χ2n) is 3.60. The average molecular weight is 226 g/mol. The van der Waals surface area contributed by atoms with E-state index in [1.165, 1.54) is 0 Å². The van der Waals surface area contributed by atoms with E-state index in [4.69, 9.17) is 10.5 Å².